The lowest BCUT2D eigenvalue weighted by atomic mass is 10.1. The first-order valence-electron chi connectivity index (χ1n) is 5.38. The van der Waals surface area contributed by atoms with E-state index in [9.17, 15) is 4.21 Å². The van der Waals surface area contributed by atoms with Crippen molar-refractivity contribution in [2.75, 3.05) is 12.3 Å². The Labute approximate surface area is 97.9 Å². The largest absolute Gasteiger partial charge is 0.330 e. The van der Waals surface area contributed by atoms with Crippen molar-refractivity contribution in [3.8, 4) is 0 Å². The maximum absolute atomic E-state index is 11.9. The molecule has 1 atom stereocenters. The summed E-state index contributed by atoms with van der Waals surface area (Å²) in [5.41, 5.74) is 5.41. The van der Waals surface area contributed by atoms with E-state index in [1.807, 2.05) is 36.4 Å². The summed E-state index contributed by atoms with van der Waals surface area (Å²) in [6.07, 6.45) is 0.805. The molecule has 0 saturated carbocycles. The second-order valence-corrected chi connectivity index (χ2v) is 5.27. The fraction of sp³-hybridized carbons (Fsp3) is 0.231. The van der Waals surface area contributed by atoms with Crippen LogP contribution in [0.1, 0.15) is 6.42 Å². The van der Waals surface area contributed by atoms with Crippen molar-refractivity contribution in [2.45, 2.75) is 11.3 Å². The van der Waals surface area contributed by atoms with Gasteiger partial charge in [-0.1, -0.05) is 30.3 Å². The smallest absolute Gasteiger partial charge is 0.0530 e. The maximum atomic E-state index is 11.9. The molecule has 2 N–H and O–H groups in total. The molecule has 3 heteroatoms. The molecule has 0 spiro atoms. The topological polar surface area (TPSA) is 43.1 Å². The number of hydrogen-bond donors (Lipinski definition) is 1. The summed E-state index contributed by atoms with van der Waals surface area (Å²) in [5, 5.41) is 2.32. The van der Waals surface area contributed by atoms with Gasteiger partial charge >= 0.3 is 0 Å². The Morgan fingerprint density at radius 3 is 2.56 bits per heavy atom. The molecule has 2 aromatic carbocycles. The van der Waals surface area contributed by atoms with Gasteiger partial charge in [-0.3, -0.25) is 4.21 Å². The van der Waals surface area contributed by atoms with Crippen molar-refractivity contribution in [1.29, 1.82) is 0 Å². The normalized spacial score (nSPS) is 12.8. The fourth-order valence-electron chi connectivity index (χ4n) is 1.64. The number of benzene rings is 2. The molecule has 0 bridgehead atoms. The molecule has 0 aliphatic carbocycles. The Morgan fingerprint density at radius 1 is 1.06 bits per heavy atom. The summed E-state index contributed by atoms with van der Waals surface area (Å²) in [7, 11) is -0.919. The average molecular weight is 233 g/mol. The van der Waals surface area contributed by atoms with Crippen molar-refractivity contribution >= 4 is 21.6 Å². The first-order chi connectivity index (χ1) is 7.81. The molecule has 0 aromatic heterocycles. The zero-order chi connectivity index (χ0) is 11.4. The summed E-state index contributed by atoms with van der Waals surface area (Å²) in [6.45, 7) is 0.597. The molecule has 1 unspecified atom stereocenters. The molecular formula is C13H15NOS. The molecule has 84 valence electrons. The molecule has 16 heavy (non-hydrogen) atoms. The second-order valence-electron chi connectivity index (χ2n) is 3.70. The quantitative estimate of drug-likeness (QED) is 0.880. The van der Waals surface area contributed by atoms with Crippen LogP contribution in [0.2, 0.25) is 0 Å². The van der Waals surface area contributed by atoms with Crippen LogP contribution in [0.15, 0.2) is 47.4 Å². The zero-order valence-corrected chi connectivity index (χ0v) is 9.87. The summed E-state index contributed by atoms with van der Waals surface area (Å²) in [6, 6.07) is 14.1. The van der Waals surface area contributed by atoms with Crippen LogP contribution in [0.4, 0.5) is 0 Å². The van der Waals surface area contributed by atoms with Gasteiger partial charge < -0.3 is 5.73 Å². The monoisotopic (exact) mass is 233 g/mol. The Kier molecular flexibility index (Phi) is 3.70. The molecule has 0 heterocycles. The molecule has 0 aliphatic rings. The van der Waals surface area contributed by atoms with Crippen LogP contribution >= 0.6 is 0 Å². The minimum absolute atomic E-state index is 0.597. The van der Waals surface area contributed by atoms with Gasteiger partial charge in [-0.2, -0.15) is 0 Å². The highest BCUT2D eigenvalue weighted by Gasteiger charge is 2.03. The highest BCUT2D eigenvalue weighted by atomic mass is 32.2. The third-order valence-electron chi connectivity index (χ3n) is 2.52. The Balaban J connectivity index is 2.28. The molecule has 2 nitrogen and oxygen atoms in total. The van der Waals surface area contributed by atoms with Crippen LogP contribution in [-0.2, 0) is 10.8 Å². The van der Waals surface area contributed by atoms with Crippen LogP contribution in [0, 0.1) is 0 Å². The van der Waals surface area contributed by atoms with Gasteiger partial charge in [0.25, 0.3) is 0 Å². The Bertz CT molecular complexity index is 510. The van der Waals surface area contributed by atoms with Crippen LogP contribution in [0.5, 0.6) is 0 Å². The van der Waals surface area contributed by atoms with E-state index in [1.54, 1.807) is 0 Å². The minimum Gasteiger partial charge on any atom is -0.330 e. The summed E-state index contributed by atoms with van der Waals surface area (Å²) in [4.78, 5) is 0.896. The van der Waals surface area contributed by atoms with Gasteiger partial charge in [-0.15, -0.1) is 0 Å². The van der Waals surface area contributed by atoms with Gasteiger partial charge in [-0.05, 0) is 35.9 Å². The first kappa shape index (κ1) is 11.3. The van der Waals surface area contributed by atoms with E-state index in [2.05, 4.69) is 6.07 Å². The first-order valence-corrected chi connectivity index (χ1v) is 6.70. The van der Waals surface area contributed by atoms with E-state index in [0.717, 1.165) is 16.7 Å². The third kappa shape index (κ3) is 2.49. The average Bonchev–Trinajstić information content (AvgIpc) is 2.35. The summed E-state index contributed by atoms with van der Waals surface area (Å²) < 4.78 is 11.9. The van der Waals surface area contributed by atoms with Gasteiger partial charge in [-0.25, -0.2) is 0 Å². The van der Waals surface area contributed by atoms with E-state index in [1.165, 1.54) is 5.39 Å². The summed E-state index contributed by atoms with van der Waals surface area (Å²) in [5.74, 6) is 0.648. The molecule has 0 radical (unpaired) electrons. The SMILES string of the molecule is NCCCS(=O)c1ccc2ccccc2c1. The van der Waals surface area contributed by atoms with Crippen molar-refractivity contribution in [2.24, 2.45) is 5.73 Å². The highest BCUT2D eigenvalue weighted by molar-refractivity contribution is 7.85. The van der Waals surface area contributed by atoms with E-state index in [-0.39, 0.29) is 0 Å². The third-order valence-corrected chi connectivity index (χ3v) is 3.96. The van der Waals surface area contributed by atoms with Crippen molar-refractivity contribution in [3.05, 3.63) is 42.5 Å². The lowest BCUT2D eigenvalue weighted by molar-refractivity contribution is 0.680. The number of nitrogens with two attached hydrogens (primary N) is 1. The highest BCUT2D eigenvalue weighted by Crippen LogP contribution is 2.18. The molecule has 0 aliphatic heterocycles. The Morgan fingerprint density at radius 2 is 1.81 bits per heavy atom. The predicted octanol–water partition coefficient (Wildman–Crippen LogP) is 2.30. The predicted molar refractivity (Wildman–Crippen MR) is 68.9 cm³/mol. The fourth-order valence-corrected chi connectivity index (χ4v) is 2.78. The molecule has 2 rings (SSSR count). The van der Waals surface area contributed by atoms with E-state index in [4.69, 9.17) is 5.73 Å². The van der Waals surface area contributed by atoms with E-state index >= 15 is 0 Å². The molecule has 0 saturated heterocycles. The second kappa shape index (κ2) is 5.23. The van der Waals surface area contributed by atoms with E-state index < -0.39 is 10.8 Å². The summed E-state index contributed by atoms with van der Waals surface area (Å²) >= 11 is 0. The zero-order valence-electron chi connectivity index (χ0n) is 9.06. The standard InChI is InChI=1S/C13H15NOS/c14-8-3-9-16(15)13-7-6-11-4-1-2-5-12(11)10-13/h1-2,4-7,10H,3,8-9,14H2. The van der Waals surface area contributed by atoms with Gasteiger partial charge in [0.1, 0.15) is 0 Å². The van der Waals surface area contributed by atoms with Crippen LogP contribution in [0.25, 0.3) is 10.8 Å². The van der Waals surface area contributed by atoms with Crippen LogP contribution < -0.4 is 5.73 Å². The molecule has 2 aromatic rings. The van der Waals surface area contributed by atoms with Gasteiger partial charge in [0.05, 0.1) is 10.8 Å². The lowest BCUT2D eigenvalue weighted by Crippen LogP contribution is -2.05. The molecular weight excluding hydrogens is 218 g/mol. The number of rotatable bonds is 4. The van der Waals surface area contributed by atoms with E-state index in [0.29, 0.717) is 12.3 Å². The Hall–Kier alpha value is -1.19. The van der Waals surface area contributed by atoms with Crippen LogP contribution in [-0.4, -0.2) is 16.5 Å². The minimum atomic E-state index is -0.919. The number of fused-ring (bicyclic) bond motifs is 1. The van der Waals surface area contributed by atoms with Gasteiger partial charge in [0.15, 0.2) is 0 Å². The van der Waals surface area contributed by atoms with Crippen molar-refractivity contribution < 1.29 is 4.21 Å². The van der Waals surface area contributed by atoms with Crippen molar-refractivity contribution in [1.82, 2.24) is 0 Å². The maximum Gasteiger partial charge on any atom is 0.0530 e. The molecule has 0 fully saturated rings. The lowest BCUT2D eigenvalue weighted by Gasteiger charge is -2.03. The van der Waals surface area contributed by atoms with Gasteiger partial charge in [0.2, 0.25) is 0 Å². The van der Waals surface area contributed by atoms with Crippen molar-refractivity contribution in [3.63, 3.8) is 0 Å². The molecule has 0 amide bonds. The van der Waals surface area contributed by atoms with Crippen LogP contribution in [0.3, 0.4) is 0 Å². The van der Waals surface area contributed by atoms with Gasteiger partial charge in [0, 0.05) is 10.6 Å². The number of hydrogen-bond acceptors (Lipinski definition) is 2.